The maximum atomic E-state index is 12.9. The summed E-state index contributed by atoms with van der Waals surface area (Å²) in [4.78, 5) is 17.0. The van der Waals surface area contributed by atoms with E-state index in [1.54, 1.807) is 0 Å². The number of hydrogen-bond donors (Lipinski definition) is 4. The van der Waals surface area contributed by atoms with Crippen LogP contribution in [0.5, 0.6) is 0 Å². The van der Waals surface area contributed by atoms with E-state index < -0.39 is 0 Å². The fourth-order valence-electron chi connectivity index (χ4n) is 3.53. The maximum Gasteiger partial charge on any atom is 0.253 e. The van der Waals surface area contributed by atoms with E-state index in [0.29, 0.717) is 25.2 Å². The van der Waals surface area contributed by atoms with Crippen LogP contribution in [-0.2, 0) is 19.5 Å². The van der Waals surface area contributed by atoms with Gasteiger partial charge in [0.05, 0.1) is 17.6 Å². The average molecular weight is 407 g/mol. The number of aliphatic imine (C=N–C) groups is 1. The molecule has 0 aliphatic rings. The molecule has 1 aromatic heterocycles. The number of carbonyl (C=O) groups excluding carboxylic acids is 1. The molecule has 1 heterocycles. The van der Waals surface area contributed by atoms with Crippen LogP contribution >= 0.6 is 0 Å². The molecule has 0 atom stereocenters. The Morgan fingerprint density at radius 1 is 1.03 bits per heavy atom. The highest BCUT2D eigenvalue weighted by molar-refractivity contribution is 6.06. The fourth-order valence-corrected chi connectivity index (χ4v) is 3.53. The lowest BCUT2D eigenvalue weighted by atomic mass is 10.0. The lowest BCUT2D eigenvalue weighted by Gasteiger charge is -2.12. The smallest absolute Gasteiger partial charge is 0.253 e. The maximum absolute atomic E-state index is 12.9. The highest BCUT2D eigenvalue weighted by atomic mass is 16.1. The predicted octanol–water partition coefficient (Wildman–Crippen LogP) is 2.13. The molecule has 3 aromatic rings. The minimum atomic E-state index is -0.0786. The van der Waals surface area contributed by atoms with Crippen LogP contribution in [-0.4, -0.2) is 29.5 Å². The Morgan fingerprint density at radius 3 is 2.57 bits per heavy atom. The molecule has 0 radical (unpaired) electrons. The second-order valence-corrected chi connectivity index (χ2v) is 7.27. The van der Waals surface area contributed by atoms with Crippen LogP contribution in [0, 0.1) is 0 Å². The van der Waals surface area contributed by atoms with Gasteiger partial charge >= 0.3 is 0 Å². The van der Waals surface area contributed by atoms with Crippen LogP contribution in [0.2, 0.25) is 0 Å². The summed E-state index contributed by atoms with van der Waals surface area (Å²) >= 11 is 0. The van der Waals surface area contributed by atoms with Crippen molar-refractivity contribution in [1.82, 2.24) is 9.88 Å². The Labute approximate surface area is 177 Å². The fraction of sp³-hybridized carbons (Fsp3) is 0.304. The molecular formula is C23H30N6O. The Balaban J connectivity index is 1.91. The van der Waals surface area contributed by atoms with E-state index >= 15 is 0 Å². The number of fused-ring (bicyclic) bond motifs is 1. The molecule has 0 fully saturated rings. The largest absolute Gasteiger partial charge is 0.370 e. The minimum Gasteiger partial charge on any atom is -0.370 e. The molecule has 0 spiro atoms. The normalized spacial score (nSPS) is 10.8. The summed E-state index contributed by atoms with van der Waals surface area (Å²) < 4.78 is 2.14. The Bertz CT molecular complexity index is 1010. The summed E-state index contributed by atoms with van der Waals surface area (Å²) in [5.41, 5.74) is 20.4. The molecule has 0 saturated heterocycles. The molecule has 7 nitrogen and oxygen atoms in total. The third kappa shape index (κ3) is 5.39. The quantitative estimate of drug-likeness (QED) is 0.234. The van der Waals surface area contributed by atoms with Crippen molar-refractivity contribution < 1.29 is 4.79 Å². The van der Waals surface area contributed by atoms with Gasteiger partial charge in [0, 0.05) is 24.7 Å². The molecule has 7 N–H and O–H groups in total. The number of aromatic nitrogens is 1. The second-order valence-electron chi connectivity index (χ2n) is 7.27. The van der Waals surface area contributed by atoms with Crippen LogP contribution in [0.3, 0.4) is 0 Å². The molecular weight excluding hydrogens is 376 g/mol. The van der Waals surface area contributed by atoms with Crippen molar-refractivity contribution in [3.63, 3.8) is 0 Å². The van der Waals surface area contributed by atoms with Crippen molar-refractivity contribution in [3.8, 4) is 0 Å². The number of rotatable bonds is 10. The number of aryl methyl sites for hydroxylation is 2. The minimum absolute atomic E-state index is 0.0494. The van der Waals surface area contributed by atoms with E-state index in [0.717, 1.165) is 42.3 Å². The third-order valence-electron chi connectivity index (χ3n) is 5.09. The lowest BCUT2D eigenvalue weighted by molar-refractivity contribution is 0.0954. The van der Waals surface area contributed by atoms with Gasteiger partial charge in [0.25, 0.3) is 5.91 Å². The van der Waals surface area contributed by atoms with Gasteiger partial charge in [-0.25, -0.2) is 4.99 Å². The number of nitrogens with one attached hydrogen (secondary N) is 1. The Hall–Kier alpha value is -3.32. The number of nitrogens with zero attached hydrogens (tertiary/aromatic N) is 2. The van der Waals surface area contributed by atoms with E-state index in [-0.39, 0.29) is 11.9 Å². The molecule has 3 rings (SSSR count). The zero-order valence-corrected chi connectivity index (χ0v) is 17.2. The molecule has 0 aliphatic carbocycles. The Kier molecular flexibility index (Phi) is 7.45. The monoisotopic (exact) mass is 406 g/mol. The average Bonchev–Trinajstić information content (AvgIpc) is 3.18. The van der Waals surface area contributed by atoms with Gasteiger partial charge in [-0.3, -0.25) is 4.79 Å². The number of unbranched alkanes of at least 4 members (excludes halogenated alkanes) is 1. The number of hydrogen-bond acceptors (Lipinski definition) is 3. The first-order chi connectivity index (χ1) is 14.6. The first-order valence-corrected chi connectivity index (χ1v) is 10.3. The van der Waals surface area contributed by atoms with Gasteiger partial charge in [0.2, 0.25) is 0 Å². The van der Waals surface area contributed by atoms with Gasteiger partial charge in [-0.05, 0) is 49.1 Å². The molecule has 0 saturated carbocycles. The van der Waals surface area contributed by atoms with Crippen molar-refractivity contribution in [3.05, 3.63) is 71.4 Å². The van der Waals surface area contributed by atoms with Gasteiger partial charge in [-0.2, -0.15) is 0 Å². The second kappa shape index (κ2) is 10.5. The summed E-state index contributed by atoms with van der Waals surface area (Å²) in [6.45, 7) is 2.38. The van der Waals surface area contributed by atoms with Gasteiger partial charge in [0.15, 0.2) is 5.96 Å². The van der Waals surface area contributed by atoms with Gasteiger partial charge in [-0.15, -0.1) is 0 Å². The summed E-state index contributed by atoms with van der Waals surface area (Å²) in [7, 11) is 0. The summed E-state index contributed by atoms with van der Waals surface area (Å²) in [6, 6.07) is 16.1. The predicted molar refractivity (Wildman–Crippen MR) is 122 cm³/mol. The van der Waals surface area contributed by atoms with E-state index in [1.165, 1.54) is 5.56 Å². The molecule has 2 aromatic carbocycles. The van der Waals surface area contributed by atoms with Crippen LogP contribution in [0.4, 0.5) is 0 Å². The molecule has 30 heavy (non-hydrogen) atoms. The van der Waals surface area contributed by atoms with E-state index in [4.69, 9.17) is 17.2 Å². The molecule has 0 unspecified atom stereocenters. The lowest BCUT2D eigenvalue weighted by Crippen LogP contribution is -2.25. The van der Waals surface area contributed by atoms with Crippen molar-refractivity contribution in [2.24, 2.45) is 22.2 Å². The van der Waals surface area contributed by atoms with Gasteiger partial charge < -0.3 is 27.1 Å². The van der Waals surface area contributed by atoms with Crippen molar-refractivity contribution in [1.29, 1.82) is 0 Å². The zero-order valence-electron chi connectivity index (χ0n) is 17.2. The highest BCUT2D eigenvalue weighted by Gasteiger charge is 2.16. The summed E-state index contributed by atoms with van der Waals surface area (Å²) in [5, 5.41) is 4.00. The van der Waals surface area contributed by atoms with Crippen molar-refractivity contribution in [2.45, 2.75) is 32.4 Å². The zero-order chi connectivity index (χ0) is 21.3. The molecule has 0 aliphatic heterocycles. The number of benzene rings is 2. The first-order valence-electron chi connectivity index (χ1n) is 10.3. The number of carbonyl (C=O) groups is 1. The van der Waals surface area contributed by atoms with Crippen LogP contribution in [0.1, 0.15) is 34.3 Å². The summed E-state index contributed by atoms with van der Waals surface area (Å²) in [6.07, 6.45) is 4.65. The first kappa shape index (κ1) is 21.4. The highest BCUT2D eigenvalue weighted by Crippen LogP contribution is 2.26. The van der Waals surface area contributed by atoms with E-state index in [9.17, 15) is 4.79 Å². The van der Waals surface area contributed by atoms with Gasteiger partial charge in [0.1, 0.15) is 0 Å². The molecule has 0 bridgehead atoms. The van der Waals surface area contributed by atoms with Crippen LogP contribution < -0.4 is 22.5 Å². The van der Waals surface area contributed by atoms with Crippen LogP contribution in [0.25, 0.3) is 10.9 Å². The SMILES string of the molecule is NCCCCNC(=O)c1ccc(CN=C(N)N)c2ccn(CCc3ccccc3)c12. The molecule has 158 valence electrons. The third-order valence-corrected chi connectivity index (χ3v) is 5.09. The van der Waals surface area contributed by atoms with E-state index in [2.05, 4.69) is 27.0 Å². The Morgan fingerprint density at radius 2 is 1.83 bits per heavy atom. The molecule has 7 heteroatoms. The van der Waals surface area contributed by atoms with Crippen molar-refractivity contribution in [2.75, 3.05) is 13.1 Å². The number of nitrogens with two attached hydrogens (primary N) is 3. The van der Waals surface area contributed by atoms with E-state index in [1.807, 2.05) is 42.6 Å². The van der Waals surface area contributed by atoms with Gasteiger partial charge in [-0.1, -0.05) is 36.4 Å². The number of amides is 1. The number of guanidine groups is 1. The standard InChI is InChI=1S/C23H30N6O/c24-12-4-5-13-27-22(30)20-9-8-18(16-28-23(25)26)19-11-15-29(21(19)20)14-10-17-6-2-1-3-7-17/h1-3,6-9,11,15H,4-5,10,12-14,16,24H2,(H,27,30)(H4,25,26,28). The topological polar surface area (TPSA) is 124 Å². The molecule has 1 amide bonds. The summed E-state index contributed by atoms with van der Waals surface area (Å²) in [5.74, 6) is -0.0292. The van der Waals surface area contributed by atoms with Crippen LogP contribution in [0.15, 0.2) is 59.7 Å². The van der Waals surface area contributed by atoms with Crippen molar-refractivity contribution >= 4 is 22.8 Å².